The first-order valence-electron chi connectivity index (χ1n) is 6.76. The maximum atomic E-state index is 9.61. The van der Waals surface area contributed by atoms with Gasteiger partial charge in [0.25, 0.3) is 0 Å². The van der Waals surface area contributed by atoms with Crippen LogP contribution in [0.5, 0.6) is 0 Å². The van der Waals surface area contributed by atoms with Crippen molar-refractivity contribution in [2.45, 2.75) is 31.9 Å². The van der Waals surface area contributed by atoms with E-state index in [1.165, 1.54) is 0 Å². The first-order chi connectivity index (χ1) is 9.19. The Morgan fingerprint density at radius 1 is 1.58 bits per heavy atom. The molecule has 0 bridgehead atoms. The van der Waals surface area contributed by atoms with Gasteiger partial charge in [-0.25, -0.2) is 4.98 Å². The summed E-state index contributed by atoms with van der Waals surface area (Å²) in [5.41, 5.74) is 1.10. The summed E-state index contributed by atoms with van der Waals surface area (Å²) in [6.45, 7) is 5.10. The van der Waals surface area contributed by atoms with Crippen LogP contribution in [0.1, 0.15) is 18.5 Å². The lowest BCUT2D eigenvalue weighted by molar-refractivity contribution is 0.0621. The molecule has 1 unspecified atom stereocenters. The lowest BCUT2D eigenvalue weighted by Crippen LogP contribution is -2.45. The Morgan fingerprint density at radius 3 is 2.89 bits per heavy atom. The minimum atomic E-state index is -0.412. The average molecular weight is 285 g/mol. The fraction of sp³-hybridized carbons (Fsp3) is 0.769. The van der Waals surface area contributed by atoms with Gasteiger partial charge in [-0.05, 0) is 19.8 Å². The van der Waals surface area contributed by atoms with Gasteiger partial charge in [-0.15, -0.1) is 11.3 Å². The molecule has 1 aromatic heterocycles. The summed E-state index contributed by atoms with van der Waals surface area (Å²) in [6.07, 6.45) is 1.78. The van der Waals surface area contributed by atoms with Gasteiger partial charge in [-0.1, -0.05) is 0 Å². The van der Waals surface area contributed by atoms with Gasteiger partial charge in [-0.2, -0.15) is 0 Å². The van der Waals surface area contributed by atoms with E-state index >= 15 is 0 Å². The van der Waals surface area contributed by atoms with Crippen LogP contribution in [0.4, 0.5) is 5.13 Å². The van der Waals surface area contributed by atoms with E-state index in [4.69, 9.17) is 4.74 Å². The van der Waals surface area contributed by atoms with Crippen molar-refractivity contribution in [3.63, 3.8) is 0 Å². The number of ether oxygens (including phenoxy) is 1. The van der Waals surface area contributed by atoms with Crippen LogP contribution in [0.25, 0.3) is 0 Å². The maximum absolute atomic E-state index is 9.61. The minimum absolute atomic E-state index is 0.393. The summed E-state index contributed by atoms with van der Waals surface area (Å²) in [5.74, 6) is 0. The highest BCUT2D eigenvalue weighted by Crippen LogP contribution is 2.23. The van der Waals surface area contributed by atoms with Crippen molar-refractivity contribution in [1.29, 1.82) is 0 Å². The van der Waals surface area contributed by atoms with Crippen molar-refractivity contribution in [2.24, 2.45) is 0 Å². The topological polar surface area (TPSA) is 57.6 Å². The molecule has 0 saturated carbocycles. The van der Waals surface area contributed by atoms with Crippen LogP contribution >= 0.6 is 11.3 Å². The zero-order chi connectivity index (χ0) is 13.7. The molecule has 1 aliphatic heterocycles. The number of aliphatic hydroxyl groups is 1. The molecule has 1 fully saturated rings. The zero-order valence-corrected chi connectivity index (χ0v) is 12.4. The zero-order valence-electron chi connectivity index (χ0n) is 11.6. The van der Waals surface area contributed by atoms with Crippen LogP contribution in [-0.4, -0.2) is 55.6 Å². The Morgan fingerprint density at radius 2 is 2.32 bits per heavy atom. The van der Waals surface area contributed by atoms with E-state index in [1.54, 1.807) is 18.4 Å². The summed E-state index contributed by atoms with van der Waals surface area (Å²) in [5, 5.41) is 16.2. The fourth-order valence-corrected chi connectivity index (χ4v) is 3.17. The maximum Gasteiger partial charge on any atom is 0.185 e. The van der Waals surface area contributed by atoms with Crippen molar-refractivity contribution in [3.8, 4) is 0 Å². The Bertz CT molecular complexity index is 378. The number of hydrogen-bond donors (Lipinski definition) is 2. The monoisotopic (exact) mass is 285 g/mol. The Labute approximate surface area is 118 Å². The largest absolute Gasteiger partial charge is 0.389 e. The summed E-state index contributed by atoms with van der Waals surface area (Å²) >= 11 is 1.72. The second-order valence-corrected chi connectivity index (χ2v) is 5.89. The Hall–Kier alpha value is -0.690. The molecule has 0 aromatic carbocycles. The minimum Gasteiger partial charge on any atom is -0.389 e. The van der Waals surface area contributed by atoms with Crippen LogP contribution in [-0.2, 0) is 4.74 Å². The Balaban J connectivity index is 1.70. The number of nitrogens with zero attached hydrogens (tertiary/aromatic N) is 2. The molecule has 1 atom stereocenters. The summed E-state index contributed by atoms with van der Waals surface area (Å²) in [7, 11) is 1.61. The number of methoxy groups -OCH3 is 1. The van der Waals surface area contributed by atoms with Gasteiger partial charge in [0.15, 0.2) is 5.13 Å². The van der Waals surface area contributed by atoms with Gasteiger partial charge in [-0.3, -0.25) is 0 Å². The van der Waals surface area contributed by atoms with Crippen molar-refractivity contribution >= 4 is 16.5 Å². The van der Waals surface area contributed by atoms with Gasteiger partial charge in [0, 0.05) is 38.2 Å². The first-order valence-corrected chi connectivity index (χ1v) is 7.64. The number of nitrogens with one attached hydrogen (secondary N) is 1. The van der Waals surface area contributed by atoms with Crippen LogP contribution in [0.3, 0.4) is 0 Å². The molecule has 6 heteroatoms. The smallest absolute Gasteiger partial charge is 0.185 e. The fourth-order valence-electron chi connectivity index (χ4n) is 2.32. The van der Waals surface area contributed by atoms with E-state index in [9.17, 15) is 5.11 Å². The molecule has 0 amide bonds. The number of anilines is 1. The molecule has 19 heavy (non-hydrogen) atoms. The third kappa shape index (κ3) is 4.42. The lowest BCUT2D eigenvalue weighted by atomic mass is 10.1. The number of aliphatic hydroxyl groups excluding tert-OH is 1. The molecule has 0 spiro atoms. The standard InChI is InChI=1S/C13H23N3O2S/c1-10-9-19-13(15-10)16-5-3-11(4-6-16)14-7-12(17)8-18-2/h9,11-12,14,17H,3-8H2,1-2H3. The normalized spacial score (nSPS) is 18.8. The SMILES string of the molecule is COCC(O)CNC1CCN(c2nc(C)cs2)CC1. The molecule has 0 aliphatic carbocycles. The lowest BCUT2D eigenvalue weighted by Gasteiger charge is -2.32. The van der Waals surface area contributed by atoms with E-state index in [0.717, 1.165) is 36.8 Å². The summed E-state index contributed by atoms with van der Waals surface area (Å²) in [6, 6.07) is 0.490. The molecule has 1 saturated heterocycles. The number of aryl methyl sites for hydroxylation is 1. The molecule has 5 nitrogen and oxygen atoms in total. The van der Waals surface area contributed by atoms with E-state index in [-0.39, 0.29) is 0 Å². The predicted molar refractivity (Wildman–Crippen MR) is 78.0 cm³/mol. The van der Waals surface area contributed by atoms with Gasteiger partial charge >= 0.3 is 0 Å². The summed E-state index contributed by atoms with van der Waals surface area (Å²) in [4.78, 5) is 6.87. The predicted octanol–water partition coefficient (Wildman–Crippen LogP) is 1.02. The molecular weight excluding hydrogens is 262 g/mol. The average Bonchev–Trinajstić information content (AvgIpc) is 2.84. The van der Waals surface area contributed by atoms with Crippen molar-refractivity contribution < 1.29 is 9.84 Å². The van der Waals surface area contributed by atoms with Crippen LogP contribution in [0.2, 0.25) is 0 Å². The van der Waals surface area contributed by atoms with Crippen molar-refractivity contribution in [1.82, 2.24) is 10.3 Å². The van der Waals surface area contributed by atoms with Crippen LogP contribution in [0, 0.1) is 6.92 Å². The number of piperidine rings is 1. The van der Waals surface area contributed by atoms with Gasteiger partial charge in [0.05, 0.1) is 18.4 Å². The van der Waals surface area contributed by atoms with Crippen LogP contribution < -0.4 is 10.2 Å². The van der Waals surface area contributed by atoms with E-state index < -0.39 is 6.10 Å². The number of thiazole rings is 1. The third-order valence-corrected chi connectivity index (χ3v) is 4.39. The highest BCUT2D eigenvalue weighted by atomic mass is 32.1. The molecule has 2 rings (SSSR count). The number of hydrogen-bond acceptors (Lipinski definition) is 6. The van der Waals surface area contributed by atoms with Crippen molar-refractivity contribution in [2.75, 3.05) is 38.3 Å². The van der Waals surface area contributed by atoms with Crippen molar-refractivity contribution in [3.05, 3.63) is 11.1 Å². The van der Waals surface area contributed by atoms with E-state index in [0.29, 0.717) is 19.2 Å². The van der Waals surface area contributed by atoms with Gasteiger partial charge < -0.3 is 20.1 Å². The van der Waals surface area contributed by atoms with E-state index in [1.807, 2.05) is 6.92 Å². The number of rotatable bonds is 6. The quantitative estimate of drug-likeness (QED) is 0.817. The third-order valence-electron chi connectivity index (χ3n) is 3.37. The molecule has 108 valence electrons. The first kappa shape index (κ1) is 14.7. The second-order valence-electron chi connectivity index (χ2n) is 5.05. The van der Waals surface area contributed by atoms with Gasteiger partial charge in [0.1, 0.15) is 0 Å². The Kier molecular flexibility index (Phi) is 5.57. The number of aromatic nitrogens is 1. The molecule has 1 aliphatic rings. The molecular formula is C13H23N3O2S. The molecule has 2 N–H and O–H groups in total. The summed E-state index contributed by atoms with van der Waals surface area (Å²) < 4.78 is 4.92. The highest BCUT2D eigenvalue weighted by molar-refractivity contribution is 7.13. The van der Waals surface area contributed by atoms with E-state index in [2.05, 4.69) is 20.6 Å². The molecule has 0 radical (unpaired) electrons. The van der Waals surface area contributed by atoms with Crippen LogP contribution in [0.15, 0.2) is 5.38 Å². The second kappa shape index (κ2) is 7.19. The van der Waals surface area contributed by atoms with Gasteiger partial charge in [0.2, 0.25) is 0 Å². The molecule has 2 heterocycles. The molecule has 1 aromatic rings. The highest BCUT2D eigenvalue weighted by Gasteiger charge is 2.21.